The van der Waals surface area contributed by atoms with Crippen LogP contribution >= 0.6 is 11.6 Å². The molecule has 0 aliphatic carbocycles. The van der Waals surface area contributed by atoms with E-state index in [0.717, 1.165) is 6.07 Å². The summed E-state index contributed by atoms with van der Waals surface area (Å²) in [6, 6.07) is 3.45. The summed E-state index contributed by atoms with van der Waals surface area (Å²) in [7, 11) is 1.18. The molecule has 0 aromatic heterocycles. The molecule has 0 bridgehead atoms. The van der Waals surface area contributed by atoms with Crippen LogP contribution in [0.2, 0.25) is 0 Å². The lowest BCUT2D eigenvalue weighted by atomic mass is 10.0. The van der Waals surface area contributed by atoms with Gasteiger partial charge in [-0.1, -0.05) is 6.07 Å². The Balaban J connectivity index is 3.01. The Hall–Kier alpha value is -1.17. The molecule has 0 radical (unpaired) electrons. The summed E-state index contributed by atoms with van der Waals surface area (Å²) in [6.07, 6.45) is -2.70. The molecule has 0 aliphatic heterocycles. The fourth-order valence-electron chi connectivity index (χ4n) is 1.30. The average Bonchev–Trinajstić information content (AvgIpc) is 2.35. The number of aliphatic hydroxyl groups is 2. The molecule has 17 heavy (non-hydrogen) atoms. The van der Waals surface area contributed by atoms with Crippen molar-refractivity contribution in [2.24, 2.45) is 0 Å². The Kier molecular flexibility index (Phi) is 4.86. The summed E-state index contributed by atoms with van der Waals surface area (Å²) in [5.74, 6) is -1.70. The van der Waals surface area contributed by atoms with E-state index in [1.165, 1.54) is 19.2 Å². The van der Waals surface area contributed by atoms with E-state index < -0.39 is 24.0 Å². The van der Waals surface area contributed by atoms with Gasteiger partial charge in [0.2, 0.25) is 0 Å². The van der Waals surface area contributed by atoms with E-state index in [0.29, 0.717) is 0 Å². The largest absolute Gasteiger partial charge is 0.465 e. The Morgan fingerprint density at radius 3 is 2.65 bits per heavy atom. The molecule has 0 spiro atoms. The zero-order valence-electron chi connectivity index (χ0n) is 9.06. The minimum absolute atomic E-state index is 0.0290. The van der Waals surface area contributed by atoms with Crippen molar-refractivity contribution < 1.29 is 24.1 Å². The van der Waals surface area contributed by atoms with E-state index >= 15 is 0 Å². The molecule has 2 N–H and O–H groups in total. The molecule has 2 atom stereocenters. The predicted molar refractivity (Wildman–Crippen MR) is 59.4 cm³/mol. The van der Waals surface area contributed by atoms with Crippen molar-refractivity contribution in [2.75, 3.05) is 13.0 Å². The maximum atomic E-state index is 13.6. The van der Waals surface area contributed by atoms with Gasteiger partial charge in [0.05, 0.1) is 24.7 Å². The van der Waals surface area contributed by atoms with Crippen LogP contribution in [0.3, 0.4) is 0 Å². The van der Waals surface area contributed by atoms with Crippen LogP contribution in [0.25, 0.3) is 0 Å². The number of benzene rings is 1. The quantitative estimate of drug-likeness (QED) is 0.633. The molecule has 94 valence electrons. The first-order valence-electron chi connectivity index (χ1n) is 4.81. The van der Waals surface area contributed by atoms with Crippen molar-refractivity contribution in [3.63, 3.8) is 0 Å². The van der Waals surface area contributed by atoms with Crippen LogP contribution in [0.4, 0.5) is 4.39 Å². The first-order chi connectivity index (χ1) is 8.01. The van der Waals surface area contributed by atoms with Crippen LogP contribution in [-0.4, -0.2) is 35.3 Å². The molecule has 1 rings (SSSR count). The Morgan fingerprint density at radius 1 is 1.53 bits per heavy atom. The Morgan fingerprint density at radius 2 is 2.18 bits per heavy atom. The van der Waals surface area contributed by atoms with Gasteiger partial charge >= 0.3 is 5.97 Å². The number of ether oxygens (including phenoxy) is 1. The highest BCUT2D eigenvalue weighted by Crippen LogP contribution is 2.22. The van der Waals surface area contributed by atoms with E-state index in [9.17, 15) is 19.4 Å². The molecule has 4 nitrogen and oxygen atoms in total. The topological polar surface area (TPSA) is 66.8 Å². The van der Waals surface area contributed by atoms with Crippen LogP contribution in [0.1, 0.15) is 22.0 Å². The maximum absolute atomic E-state index is 13.6. The minimum Gasteiger partial charge on any atom is -0.465 e. The highest BCUT2D eigenvalue weighted by Gasteiger charge is 2.21. The number of carbonyl (C=O) groups is 1. The summed E-state index contributed by atoms with van der Waals surface area (Å²) in [6.45, 7) is 0. The summed E-state index contributed by atoms with van der Waals surface area (Å²) in [5.41, 5.74) is -0.0906. The van der Waals surface area contributed by atoms with E-state index in [4.69, 9.17) is 11.6 Å². The van der Waals surface area contributed by atoms with Gasteiger partial charge in [-0.15, -0.1) is 11.6 Å². The number of esters is 1. The fraction of sp³-hybridized carbons (Fsp3) is 0.364. The molecule has 0 heterocycles. The molecule has 0 saturated heterocycles. The third-order valence-corrected chi connectivity index (χ3v) is 2.58. The monoisotopic (exact) mass is 262 g/mol. The predicted octanol–water partition coefficient (Wildman–Crippen LogP) is 1.25. The highest BCUT2D eigenvalue weighted by atomic mass is 35.5. The zero-order valence-corrected chi connectivity index (χ0v) is 9.82. The molecule has 6 heteroatoms. The standard InChI is InChI=1S/C11H12ClFO4/c1-17-11(16)6-2-3-7(8(13)4-6)10(15)9(14)5-12/h2-4,9-10,14-15H,5H2,1H3. The summed E-state index contributed by atoms with van der Waals surface area (Å²) < 4.78 is 18.0. The number of aliphatic hydroxyl groups excluding tert-OH is 2. The lowest BCUT2D eigenvalue weighted by Gasteiger charge is -2.16. The molecule has 0 aliphatic rings. The second-order valence-electron chi connectivity index (χ2n) is 3.39. The SMILES string of the molecule is COC(=O)c1ccc(C(O)C(O)CCl)c(F)c1. The van der Waals surface area contributed by atoms with Crippen molar-refractivity contribution in [1.29, 1.82) is 0 Å². The van der Waals surface area contributed by atoms with Gasteiger partial charge in [0.15, 0.2) is 0 Å². The van der Waals surface area contributed by atoms with Gasteiger partial charge in [0.25, 0.3) is 0 Å². The molecule has 0 amide bonds. The van der Waals surface area contributed by atoms with Gasteiger partial charge in [-0.25, -0.2) is 9.18 Å². The molecular formula is C11H12ClFO4. The average molecular weight is 263 g/mol. The molecule has 1 aromatic rings. The number of halogens is 2. The normalized spacial score (nSPS) is 14.2. The van der Waals surface area contributed by atoms with Crippen LogP contribution < -0.4 is 0 Å². The van der Waals surface area contributed by atoms with E-state index in [-0.39, 0.29) is 17.0 Å². The van der Waals surface area contributed by atoms with E-state index in [2.05, 4.69) is 4.74 Å². The van der Waals surface area contributed by atoms with Gasteiger partial charge in [-0.3, -0.25) is 0 Å². The smallest absolute Gasteiger partial charge is 0.337 e. The molecule has 1 aromatic carbocycles. The van der Waals surface area contributed by atoms with Crippen LogP contribution in [0, 0.1) is 5.82 Å². The Labute approximate surface area is 103 Å². The number of hydrogen-bond acceptors (Lipinski definition) is 4. The third kappa shape index (κ3) is 3.15. The number of methoxy groups -OCH3 is 1. The van der Waals surface area contributed by atoms with Crippen molar-refractivity contribution in [2.45, 2.75) is 12.2 Å². The molecule has 0 saturated carbocycles. The first kappa shape index (κ1) is 13.9. The van der Waals surface area contributed by atoms with Gasteiger partial charge in [-0.05, 0) is 12.1 Å². The summed E-state index contributed by atoms with van der Waals surface area (Å²) in [5, 5.41) is 18.9. The number of rotatable bonds is 4. The van der Waals surface area contributed by atoms with Crippen LogP contribution in [0.15, 0.2) is 18.2 Å². The van der Waals surface area contributed by atoms with Crippen LogP contribution in [-0.2, 0) is 4.74 Å². The molecule has 2 unspecified atom stereocenters. The maximum Gasteiger partial charge on any atom is 0.337 e. The molecular weight excluding hydrogens is 251 g/mol. The molecule has 0 fully saturated rings. The highest BCUT2D eigenvalue weighted by molar-refractivity contribution is 6.18. The van der Waals surface area contributed by atoms with Gasteiger partial charge in [-0.2, -0.15) is 0 Å². The zero-order chi connectivity index (χ0) is 13.0. The minimum atomic E-state index is -1.43. The lowest BCUT2D eigenvalue weighted by molar-refractivity contribution is 0.0304. The number of alkyl halides is 1. The second-order valence-corrected chi connectivity index (χ2v) is 3.70. The van der Waals surface area contributed by atoms with E-state index in [1.54, 1.807) is 0 Å². The summed E-state index contributed by atoms with van der Waals surface area (Å²) in [4.78, 5) is 11.1. The first-order valence-corrected chi connectivity index (χ1v) is 5.34. The number of carbonyl (C=O) groups excluding carboxylic acids is 1. The van der Waals surface area contributed by atoms with E-state index in [1.807, 2.05) is 0 Å². The van der Waals surface area contributed by atoms with Gasteiger partial charge in [0, 0.05) is 5.56 Å². The Bertz CT molecular complexity index is 410. The van der Waals surface area contributed by atoms with Crippen molar-refractivity contribution >= 4 is 17.6 Å². The van der Waals surface area contributed by atoms with Crippen molar-refractivity contribution in [3.05, 3.63) is 35.1 Å². The lowest BCUT2D eigenvalue weighted by Crippen LogP contribution is -2.21. The number of hydrogen-bond donors (Lipinski definition) is 2. The van der Waals surface area contributed by atoms with Crippen LogP contribution in [0.5, 0.6) is 0 Å². The summed E-state index contributed by atoms with van der Waals surface area (Å²) >= 11 is 5.35. The van der Waals surface area contributed by atoms with Gasteiger partial charge < -0.3 is 14.9 Å². The van der Waals surface area contributed by atoms with Crippen molar-refractivity contribution in [3.8, 4) is 0 Å². The second kappa shape index (κ2) is 5.95. The van der Waals surface area contributed by atoms with Crippen molar-refractivity contribution in [1.82, 2.24) is 0 Å². The fourth-order valence-corrected chi connectivity index (χ4v) is 1.47. The van der Waals surface area contributed by atoms with Gasteiger partial charge in [0.1, 0.15) is 11.9 Å². The third-order valence-electron chi connectivity index (χ3n) is 2.26.